The topological polar surface area (TPSA) is 70.7 Å². The molecule has 0 aromatic heterocycles. The van der Waals surface area contributed by atoms with E-state index in [1.54, 1.807) is 0 Å². The van der Waals surface area contributed by atoms with Gasteiger partial charge in [-0.1, -0.05) is 12.8 Å². The highest BCUT2D eigenvalue weighted by Crippen LogP contribution is 2.33. The molecule has 4 rings (SSSR count). The average Bonchev–Trinajstić information content (AvgIpc) is 3.10. The Kier molecular flexibility index (Phi) is 4.18. The van der Waals surface area contributed by atoms with Crippen molar-refractivity contribution in [1.29, 1.82) is 0 Å². The number of morpholine rings is 1. The summed E-state index contributed by atoms with van der Waals surface area (Å²) in [5, 5.41) is 6.28. The first kappa shape index (κ1) is 15.2. The van der Waals surface area contributed by atoms with E-state index in [-0.39, 0.29) is 30.1 Å². The highest BCUT2D eigenvalue weighted by Gasteiger charge is 2.46. The van der Waals surface area contributed by atoms with Crippen molar-refractivity contribution in [2.24, 2.45) is 5.92 Å². The van der Waals surface area contributed by atoms with E-state index in [0.717, 1.165) is 32.1 Å². The molecule has 3 atom stereocenters. The summed E-state index contributed by atoms with van der Waals surface area (Å²) in [6, 6.07) is 0.723. The molecule has 128 valence electrons. The van der Waals surface area contributed by atoms with Crippen LogP contribution in [-0.4, -0.2) is 54.2 Å². The minimum absolute atomic E-state index is 0.0141. The number of fused-ring (bicyclic) bond motifs is 2. The first-order valence-corrected chi connectivity index (χ1v) is 9.20. The summed E-state index contributed by atoms with van der Waals surface area (Å²) in [5.74, 6) is 0.0325. The highest BCUT2D eigenvalue weighted by atomic mass is 16.5. The Bertz CT molecular complexity index is 474. The smallest absolute Gasteiger partial charge is 0.317 e. The van der Waals surface area contributed by atoms with Crippen molar-refractivity contribution in [3.05, 3.63) is 0 Å². The highest BCUT2D eigenvalue weighted by molar-refractivity contribution is 5.80. The summed E-state index contributed by atoms with van der Waals surface area (Å²) in [6.07, 6.45) is 8.65. The second kappa shape index (κ2) is 6.30. The number of rotatable bonds is 3. The number of hydrogen-bond donors (Lipinski definition) is 2. The van der Waals surface area contributed by atoms with Crippen LogP contribution in [0.15, 0.2) is 0 Å². The van der Waals surface area contributed by atoms with Gasteiger partial charge in [-0.05, 0) is 38.5 Å². The number of urea groups is 1. The number of hydrogen-bond acceptors (Lipinski definition) is 3. The Morgan fingerprint density at radius 2 is 1.61 bits per heavy atom. The van der Waals surface area contributed by atoms with Crippen LogP contribution in [-0.2, 0) is 9.53 Å². The third-order valence-electron chi connectivity index (χ3n) is 5.92. The lowest BCUT2D eigenvalue weighted by Gasteiger charge is -2.34. The standard InChI is InChI=1S/C17H27N3O3/c21-16(18-11-6-3-7-11)14-8-13-9-20(10-15(14)23-13)17(22)19-12-4-1-2-5-12/h11-15H,1-10H2,(H,18,21)(H,19,22)/t13-,14+,15-/m1/s1. The van der Waals surface area contributed by atoms with Gasteiger partial charge in [0, 0.05) is 25.2 Å². The molecule has 4 aliphatic rings. The van der Waals surface area contributed by atoms with Crippen molar-refractivity contribution in [2.75, 3.05) is 13.1 Å². The Morgan fingerprint density at radius 3 is 2.30 bits per heavy atom. The zero-order valence-corrected chi connectivity index (χ0v) is 13.6. The molecule has 3 amide bonds. The van der Waals surface area contributed by atoms with Gasteiger partial charge in [0.15, 0.2) is 0 Å². The van der Waals surface area contributed by atoms with E-state index in [1.165, 1.54) is 19.3 Å². The third-order valence-corrected chi connectivity index (χ3v) is 5.92. The van der Waals surface area contributed by atoms with Gasteiger partial charge in [0.1, 0.15) is 0 Å². The molecule has 0 unspecified atom stereocenters. The first-order valence-electron chi connectivity index (χ1n) is 9.20. The lowest BCUT2D eigenvalue weighted by atomic mass is 9.91. The molecule has 0 spiro atoms. The van der Waals surface area contributed by atoms with E-state index < -0.39 is 0 Å². The fourth-order valence-electron chi connectivity index (χ4n) is 4.30. The zero-order valence-electron chi connectivity index (χ0n) is 13.6. The Labute approximate surface area is 137 Å². The molecule has 4 fully saturated rings. The molecular formula is C17H27N3O3. The second-order valence-corrected chi connectivity index (χ2v) is 7.61. The molecule has 2 saturated carbocycles. The second-order valence-electron chi connectivity index (χ2n) is 7.61. The fourth-order valence-corrected chi connectivity index (χ4v) is 4.30. The maximum atomic E-state index is 12.4. The van der Waals surface area contributed by atoms with E-state index in [4.69, 9.17) is 4.74 Å². The number of carbonyl (C=O) groups is 2. The fraction of sp³-hybridized carbons (Fsp3) is 0.882. The maximum absolute atomic E-state index is 12.4. The molecular weight excluding hydrogens is 294 g/mol. The molecule has 2 N–H and O–H groups in total. The van der Waals surface area contributed by atoms with Crippen LogP contribution in [0.25, 0.3) is 0 Å². The van der Waals surface area contributed by atoms with Crippen LogP contribution in [0.3, 0.4) is 0 Å². The lowest BCUT2D eigenvalue weighted by molar-refractivity contribution is -0.128. The van der Waals surface area contributed by atoms with Crippen LogP contribution >= 0.6 is 0 Å². The lowest BCUT2D eigenvalue weighted by Crippen LogP contribution is -2.53. The van der Waals surface area contributed by atoms with Crippen molar-refractivity contribution in [1.82, 2.24) is 15.5 Å². The monoisotopic (exact) mass is 321 g/mol. The van der Waals surface area contributed by atoms with Crippen molar-refractivity contribution >= 4 is 11.9 Å². The minimum atomic E-state index is -0.136. The van der Waals surface area contributed by atoms with Crippen LogP contribution in [0, 0.1) is 5.92 Å². The molecule has 6 nitrogen and oxygen atoms in total. The van der Waals surface area contributed by atoms with E-state index in [1.807, 2.05) is 4.90 Å². The number of carbonyl (C=O) groups excluding carboxylic acids is 2. The zero-order chi connectivity index (χ0) is 15.8. The Balaban J connectivity index is 1.32. The molecule has 0 radical (unpaired) electrons. The van der Waals surface area contributed by atoms with Crippen molar-refractivity contribution in [3.63, 3.8) is 0 Å². The summed E-state index contributed by atoms with van der Waals surface area (Å²) in [4.78, 5) is 26.7. The van der Waals surface area contributed by atoms with Crippen molar-refractivity contribution < 1.29 is 14.3 Å². The minimum Gasteiger partial charge on any atom is -0.370 e. The first-order chi connectivity index (χ1) is 11.2. The van der Waals surface area contributed by atoms with Crippen molar-refractivity contribution in [2.45, 2.75) is 75.7 Å². The Morgan fingerprint density at radius 1 is 0.913 bits per heavy atom. The van der Waals surface area contributed by atoms with Gasteiger partial charge in [0.2, 0.25) is 5.91 Å². The largest absolute Gasteiger partial charge is 0.370 e. The molecule has 2 aliphatic heterocycles. The number of likely N-dealkylation sites (tertiary alicyclic amines) is 1. The maximum Gasteiger partial charge on any atom is 0.317 e. The molecule has 2 bridgehead atoms. The number of nitrogens with zero attached hydrogens (tertiary/aromatic N) is 1. The number of amides is 3. The normalized spacial score (nSPS) is 34.3. The van der Waals surface area contributed by atoms with Gasteiger partial charge >= 0.3 is 6.03 Å². The van der Waals surface area contributed by atoms with Gasteiger partial charge in [-0.15, -0.1) is 0 Å². The van der Waals surface area contributed by atoms with Gasteiger partial charge in [-0.3, -0.25) is 4.79 Å². The van der Waals surface area contributed by atoms with Gasteiger partial charge in [0.05, 0.1) is 18.1 Å². The number of ether oxygens (including phenoxy) is 1. The molecule has 2 heterocycles. The van der Waals surface area contributed by atoms with Gasteiger partial charge in [-0.25, -0.2) is 4.79 Å². The molecule has 23 heavy (non-hydrogen) atoms. The van der Waals surface area contributed by atoms with Crippen LogP contribution in [0.2, 0.25) is 0 Å². The SMILES string of the molecule is O=C(NC1CCC1)[C@H]1C[C@@H]2CN(C(=O)NC3CCCC3)C[C@H]1O2. The molecule has 6 heteroatoms. The summed E-state index contributed by atoms with van der Waals surface area (Å²) < 4.78 is 5.93. The van der Waals surface area contributed by atoms with Crippen LogP contribution in [0.4, 0.5) is 4.79 Å². The van der Waals surface area contributed by atoms with E-state index in [9.17, 15) is 9.59 Å². The number of nitrogens with one attached hydrogen (secondary N) is 2. The molecule has 0 aromatic rings. The van der Waals surface area contributed by atoms with E-state index in [2.05, 4.69) is 10.6 Å². The van der Waals surface area contributed by atoms with E-state index in [0.29, 0.717) is 25.2 Å². The van der Waals surface area contributed by atoms with E-state index >= 15 is 0 Å². The van der Waals surface area contributed by atoms with Crippen LogP contribution in [0.1, 0.15) is 51.4 Å². The average molecular weight is 321 g/mol. The molecule has 2 aliphatic carbocycles. The van der Waals surface area contributed by atoms with Gasteiger partial charge < -0.3 is 20.3 Å². The van der Waals surface area contributed by atoms with Crippen LogP contribution in [0.5, 0.6) is 0 Å². The van der Waals surface area contributed by atoms with Crippen LogP contribution < -0.4 is 10.6 Å². The van der Waals surface area contributed by atoms with Gasteiger partial charge in [-0.2, -0.15) is 0 Å². The quantitative estimate of drug-likeness (QED) is 0.825. The summed E-state index contributed by atoms with van der Waals surface area (Å²) in [6.45, 7) is 1.15. The summed E-state index contributed by atoms with van der Waals surface area (Å²) in [5.41, 5.74) is 0. The third kappa shape index (κ3) is 3.18. The molecule has 0 aromatic carbocycles. The summed E-state index contributed by atoms with van der Waals surface area (Å²) in [7, 11) is 0. The predicted molar refractivity (Wildman–Crippen MR) is 84.9 cm³/mol. The summed E-state index contributed by atoms with van der Waals surface area (Å²) >= 11 is 0. The predicted octanol–water partition coefficient (Wildman–Crippen LogP) is 1.40. The Hall–Kier alpha value is -1.30. The molecule has 2 saturated heterocycles. The van der Waals surface area contributed by atoms with Crippen molar-refractivity contribution in [3.8, 4) is 0 Å². The van der Waals surface area contributed by atoms with Gasteiger partial charge in [0.25, 0.3) is 0 Å².